The van der Waals surface area contributed by atoms with Crippen LogP contribution in [0.25, 0.3) is 6.08 Å². The number of hydrogen-bond donors (Lipinski definition) is 2. The first kappa shape index (κ1) is 16.7. The number of nitrogens with one attached hydrogen (secondary N) is 1. The number of carboxylic acid groups (broad SMARTS) is 1. The molecular formula is C15H18FNO4. The molecular weight excluding hydrogens is 277 g/mol. The lowest BCUT2D eigenvalue weighted by atomic mass is 10.2. The number of para-hydroxylation sites is 1. The first-order chi connectivity index (χ1) is 9.90. The topological polar surface area (TPSA) is 75.6 Å². The van der Waals surface area contributed by atoms with Gasteiger partial charge in [-0.3, -0.25) is 4.79 Å². The zero-order valence-corrected chi connectivity index (χ0v) is 11.9. The minimum Gasteiger partial charge on any atom is -0.489 e. The Morgan fingerprint density at radius 3 is 2.76 bits per heavy atom. The Bertz CT molecular complexity index is 540. The summed E-state index contributed by atoms with van der Waals surface area (Å²) in [5, 5.41) is 11.3. The molecule has 0 saturated carbocycles. The second-order valence-corrected chi connectivity index (χ2v) is 4.65. The number of ether oxygens (including phenoxy) is 1. The van der Waals surface area contributed by atoms with Gasteiger partial charge in [-0.25, -0.2) is 9.18 Å². The summed E-state index contributed by atoms with van der Waals surface area (Å²) in [5.74, 6) is -2.00. The molecule has 0 bridgehead atoms. The van der Waals surface area contributed by atoms with E-state index in [1.54, 1.807) is 0 Å². The standard InChI is InChI=1S/C15H18FNO4/c1-10(2)17-13(18)8-9-21-15-11(6-7-14(19)20)4-3-5-12(15)16/h3-7,10H,8-9H2,1-2H3,(H,17,18)(H,19,20)/b7-6+. The zero-order valence-electron chi connectivity index (χ0n) is 11.9. The van der Waals surface area contributed by atoms with Crippen LogP contribution in [0.4, 0.5) is 4.39 Å². The molecule has 2 N–H and O–H groups in total. The number of amides is 1. The summed E-state index contributed by atoms with van der Waals surface area (Å²) in [5.41, 5.74) is 0.307. The molecule has 0 spiro atoms. The number of rotatable bonds is 7. The first-order valence-corrected chi connectivity index (χ1v) is 6.52. The number of carbonyl (C=O) groups is 2. The van der Waals surface area contributed by atoms with Crippen LogP contribution < -0.4 is 10.1 Å². The van der Waals surface area contributed by atoms with Gasteiger partial charge in [0.15, 0.2) is 11.6 Å². The molecule has 0 atom stereocenters. The van der Waals surface area contributed by atoms with Crippen LogP contribution in [-0.4, -0.2) is 29.6 Å². The van der Waals surface area contributed by atoms with Gasteiger partial charge in [0.1, 0.15) is 0 Å². The van der Waals surface area contributed by atoms with E-state index in [0.29, 0.717) is 5.56 Å². The summed E-state index contributed by atoms with van der Waals surface area (Å²) in [6.45, 7) is 3.68. The molecule has 0 aromatic heterocycles. The summed E-state index contributed by atoms with van der Waals surface area (Å²) in [6.07, 6.45) is 2.23. The fraction of sp³-hybridized carbons (Fsp3) is 0.333. The second-order valence-electron chi connectivity index (χ2n) is 4.65. The summed E-state index contributed by atoms with van der Waals surface area (Å²) >= 11 is 0. The number of benzene rings is 1. The lowest BCUT2D eigenvalue weighted by Crippen LogP contribution is -2.31. The third-order valence-electron chi connectivity index (χ3n) is 2.43. The predicted octanol–water partition coefficient (Wildman–Crippen LogP) is 2.22. The van der Waals surface area contributed by atoms with Crippen molar-refractivity contribution in [3.63, 3.8) is 0 Å². The smallest absolute Gasteiger partial charge is 0.328 e. The molecule has 0 aliphatic carbocycles. The summed E-state index contributed by atoms with van der Waals surface area (Å²) in [7, 11) is 0. The van der Waals surface area contributed by atoms with Crippen molar-refractivity contribution in [3.05, 3.63) is 35.7 Å². The molecule has 0 aliphatic heterocycles. The van der Waals surface area contributed by atoms with E-state index in [4.69, 9.17) is 9.84 Å². The van der Waals surface area contributed by atoms with Gasteiger partial charge in [0, 0.05) is 17.7 Å². The van der Waals surface area contributed by atoms with Crippen LogP contribution in [0, 0.1) is 5.82 Å². The minimum absolute atomic E-state index is 0.00734. The van der Waals surface area contributed by atoms with Crippen molar-refractivity contribution in [2.75, 3.05) is 6.61 Å². The molecule has 0 aliphatic rings. The van der Waals surface area contributed by atoms with E-state index in [2.05, 4.69) is 5.32 Å². The van der Waals surface area contributed by atoms with E-state index in [9.17, 15) is 14.0 Å². The molecule has 0 unspecified atom stereocenters. The van der Waals surface area contributed by atoms with Crippen LogP contribution in [0.15, 0.2) is 24.3 Å². The first-order valence-electron chi connectivity index (χ1n) is 6.52. The van der Waals surface area contributed by atoms with E-state index >= 15 is 0 Å². The van der Waals surface area contributed by atoms with Crippen LogP contribution in [-0.2, 0) is 9.59 Å². The Balaban J connectivity index is 2.69. The molecule has 5 nitrogen and oxygen atoms in total. The summed E-state index contributed by atoms with van der Waals surface area (Å²) < 4.78 is 19.0. The van der Waals surface area contributed by atoms with Gasteiger partial charge >= 0.3 is 5.97 Å². The Morgan fingerprint density at radius 1 is 1.43 bits per heavy atom. The highest BCUT2D eigenvalue weighted by atomic mass is 19.1. The largest absolute Gasteiger partial charge is 0.489 e. The number of carboxylic acids is 1. The van der Waals surface area contributed by atoms with E-state index in [0.717, 1.165) is 6.08 Å². The van der Waals surface area contributed by atoms with E-state index in [1.807, 2.05) is 13.8 Å². The minimum atomic E-state index is -1.14. The van der Waals surface area contributed by atoms with Crippen LogP contribution in [0.5, 0.6) is 5.75 Å². The van der Waals surface area contributed by atoms with E-state index < -0.39 is 11.8 Å². The van der Waals surface area contributed by atoms with Gasteiger partial charge in [-0.2, -0.15) is 0 Å². The molecule has 114 valence electrons. The van der Waals surface area contributed by atoms with Crippen LogP contribution >= 0.6 is 0 Å². The van der Waals surface area contributed by atoms with Crippen molar-refractivity contribution >= 4 is 18.0 Å². The van der Waals surface area contributed by atoms with Crippen LogP contribution in [0.2, 0.25) is 0 Å². The van der Waals surface area contributed by atoms with Crippen molar-refractivity contribution in [1.29, 1.82) is 0 Å². The monoisotopic (exact) mass is 295 g/mol. The zero-order chi connectivity index (χ0) is 15.8. The lowest BCUT2D eigenvalue weighted by molar-refractivity contribution is -0.131. The molecule has 1 aromatic rings. The van der Waals surface area contributed by atoms with Crippen molar-refractivity contribution < 1.29 is 23.8 Å². The Kier molecular flexibility index (Phi) is 6.39. The molecule has 21 heavy (non-hydrogen) atoms. The molecule has 0 radical (unpaired) electrons. The van der Waals surface area contributed by atoms with Gasteiger partial charge in [0.05, 0.1) is 13.0 Å². The summed E-state index contributed by atoms with van der Waals surface area (Å²) in [6, 6.07) is 4.23. The van der Waals surface area contributed by atoms with Crippen LogP contribution in [0.3, 0.4) is 0 Å². The highest BCUT2D eigenvalue weighted by molar-refractivity contribution is 5.85. The second kappa shape index (κ2) is 8.04. The molecule has 1 amide bonds. The molecule has 1 rings (SSSR count). The molecule has 6 heteroatoms. The SMILES string of the molecule is CC(C)NC(=O)CCOc1c(F)cccc1/C=C/C(=O)O. The van der Waals surface area contributed by atoms with Crippen molar-refractivity contribution in [2.24, 2.45) is 0 Å². The molecule has 1 aromatic carbocycles. The third-order valence-corrected chi connectivity index (χ3v) is 2.43. The maximum absolute atomic E-state index is 13.7. The normalized spacial score (nSPS) is 10.9. The maximum Gasteiger partial charge on any atom is 0.328 e. The average Bonchev–Trinajstić information content (AvgIpc) is 2.37. The summed E-state index contributed by atoms with van der Waals surface area (Å²) in [4.78, 5) is 22.0. The number of halogens is 1. The number of carbonyl (C=O) groups excluding carboxylic acids is 1. The molecule has 0 heterocycles. The number of aliphatic carboxylic acids is 1. The average molecular weight is 295 g/mol. The van der Waals surface area contributed by atoms with E-state index in [-0.39, 0.29) is 30.7 Å². The van der Waals surface area contributed by atoms with Gasteiger partial charge in [-0.15, -0.1) is 0 Å². The van der Waals surface area contributed by atoms with E-state index in [1.165, 1.54) is 24.3 Å². The highest BCUT2D eigenvalue weighted by Crippen LogP contribution is 2.24. The van der Waals surface area contributed by atoms with Gasteiger partial charge in [-0.1, -0.05) is 12.1 Å². The Morgan fingerprint density at radius 2 is 2.14 bits per heavy atom. The molecule has 0 saturated heterocycles. The quantitative estimate of drug-likeness (QED) is 0.756. The lowest BCUT2D eigenvalue weighted by Gasteiger charge is -2.11. The Labute approximate surface area is 122 Å². The maximum atomic E-state index is 13.7. The van der Waals surface area contributed by atoms with Gasteiger partial charge in [0.2, 0.25) is 5.91 Å². The van der Waals surface area contributed by atoms with Gasteiger partial charge in [0.25, 0.3) is 0 Å². The predicted molar refractivity (Wildman–Crippen MR) is 76.5 cm³/mol. The van der Waals surface area contributed by atoms with Crippen molar-refractivity contribution in [3.8, 4) is 5.75 Å². The Hall–Kier alpha value is -2.37. The van der Waals surface area contributed by atoms with Gasteiger partial charge < -0.3 is 15.2 Å². The molecule has 0 fully saturated rings. The van der Waals surface area contributed by atoms with Crippen molar-refractivity contribution in [1.82, 2.24) is 5.32 Å². The highest BCUT2D eigenvalue weighted by Gasteiger charge is 2.10. The van der Waals surface area contributed by atoms with Gasteiger partial charge in [-0.05, 0) is 26.0 Å². The fourth-order valence-electron chi connectivity index (χ4n) is 1.61. The van der Waals surface area contributed by atoms with Crippen molar-refractivity contribution in [2.45, 2.75) is 26.3 Å². The number of hydrogen-bond acceptors (Lipinski definition) is 3. The fourth-order valence-corrected chi connectivity index (χ4v) is 1.61. The third kappa shape index (κ3) is 6.07. The van der Waals surface area contributed by atoms with Crippen LogP contribution in [0.1, 0.15) is 25.8 Å².